The molecule has 0 atom stereocenters. The number of nitrogens with zero attached hydrogens (tertiary/aromatic N) is 2. The van der Waals surface area contributed by atoms with Gasteiger partial charge >= 0.3 is 0 Å². The summed E-state index contributed by atoms with van der Waals surface area (Å²) in [5.41, 5.74) is 1.99. The summed E-state index contributed by atoms with van der Waals surface area (Å²) in [6.07, 6.45) is 4.70. The number of aromatic nitrogens is 2. The summed E-state index contributed by atoms with van der Waals surface area (Å²) < 4.78 is 5.61. The second kappa shape index (κ2) is 4.49. The average molecular weight is 235 g/mol. The summed E-state index contributed by atoms with van der Waals surface area (Å²) >= 11 is 6.07. The molecule has 1 heterocycles. The van der Waals surface area contributed by atoms with E-state index in [0.29, 0.717) is 5.75 Å². The molecule has 0 aliphatic heterocycles. The fraction of sp³-hybridized carbons (Fsp3) is 0.167. The van der Waals surface area contributed by atoms with Gasteiger partial charge in [0, 0.05) is 5.02 Å². The van der Waals surface area contributed by atoms with E-state index in [1.807, 2.05) is 26.0 Å². The van der Waals surface area contributed by atoms with Crippen molar-refractivity contribution in [3.05, 3.63) is 47.0 Å². The maximum atomic E-state index is 6.07. The van der Waals surface area contributed by atoms with Crippen molar-refractivity contribution in [1.82, 2.24) is 9.97 Å². The van der Waals surface area contributed by atoms with Gasteiger partial charge in [-0.1, -0.05) is 11.6 Å². The highest BCUT2D eigenvalue weighted by Crippen LogP contribution is 2.28. The standard InChI is InChI=1S/C12H11ClN2O/c1-8-3-10(4-9(2)12(8)13)16-11-5-14-7-15-6-11/h3-7H,1-2H3. The van der Waals surface area contributed by atoms with E-state index in [1.165, 1.54) is 6.33 Å². The third-order valence-electron chi connectivity index (χ3n) is 2.18. The van der Waals surface area contributed by atoms with Crippen molar-refractivity contribution in [3.8, 4) is 11.5 Å². The van der Waals surface area contributed by atoms with Crippen LogP contribution in [0.4, 0.5) is 0 Å². The Kier molecular flexibility index (Phi) is 3.06. The van der Waals surface area contributed by atoms with Gasteiger partial charge in [0.1, 0.15) is 12.1 Å². The smallest absolute Gasteiger partial charge is 0.163 e. The molecule has 0 aliphatic carbocycles. The van der Waals surface area contributed by atoms with E-state index >= 15 is 0 Å². The lowest BCUT2D eigenvalue weighted by atomic mass is 10.1. The van der Waals surface area contributed by atoms with Crippen LogP contribution < -0.4 is 4.74 Å². The van der Waals surface area contributed by atoms with E-state index < -0.39 is 0 Å². The average Bonchev–Trinajstić information content (AvgIpc) is 2.27. The van der Waals surface area contributed by atoms with E-state index in [0.717, 1.165) is 21.9 Å². The van der Waals surface area contributed by atoms with E-state index in [4.69, 9.17) is 16.3 Å². The predicted octanol–water partition coefficient (Wildman–Crippen LogP) is 3.54. The van der Waals surface area contributed by atoms with Crippen LogP contribution in [0.3, 0.4) is 0 Å². The topological polar surface area (TPSA) is 35.0 Å². The van der Waals surface area contributed by atoms with E-state index in [-0.39, 0.29) is 0 Å². The lowest BCUT2D eigenvalue weighted by Crippen LogP contribution is -1.89. The van der Waals surface area contributed by atoms with Gasteiger partial charge in [0.05, 0.1) is 12.4 Å². The molecule has 0 unspecified atom stereocenters. The molecule has 0 spiro atoms. The van der Waals surface area contributed by atoms with Crippen molar-refractivity contribution in [2.45, 2.75) is 13.8 Å². The molecule has 2 rings (SSSR count). The molecule has 1 aromatic heterocycles. The first-order chi connectivity index (χ1) is 7.66. The summed E-state index contributed by atoms with van der Waals surface area (Å²) in [7, 11) is 0. The Hall–Kier alpha value is -1.61. The van der Waals surface area contributed by atoms with Crippen molar-refractivity contribution >= 4 is 11.6 Å². The Morgan fingerprint density at radius 3 is 2.12 bits per heavy atom. The molecule has 3 nitrogen and oxygen atoms in total. The van der Waals surface area contributed by atoms with E-state index in [2.05, 4.69) is 9.97 Å². The number of benzene rings is 1. The molecule has 0 radical (unpaired) electrons. The molecular weight excluding hydrogens is 224 g/mol. The number of rotatable bonds is 2. The van der Waals surface area contributed by atoms with Gasteiger partial charge in [-0.15, -0.1) is 0 Å². The molecule has 0 aliphatic rings. The van der Waals surface area contributed by atoms with Crippen LogP contribution in [0.5, 0.6) is 11.5 Å². The molecule has 16 heavy (non-hydrogen) atoms. The van der Waals surface area contributed by atoms with Crippen LogP contribution in [0.2, 0.25) is 5.02 Å². The Morgan fingerprint density at radius 1 is 1.00 bits per heavy atom. The van der Waals surface area contributed by atoms with Crippen LogP contribution in [-0.2, 0) is 0 Å². The first kappa shape index (κ1) is 10.9. The Morgan fingerprint density at radius 2 is 1.56 bits per heavy atom. The molecule has 82 valence electrons. The maximum Gasteiger partial charge on any atom is 0.163 e. The summed E-state index contributed by atoms with van der Waals surface area (Å²) in [5, 5.41) is 0.775. The molecule has 0 N–H and O–H groups in total. The fourth-order valence-electron chi connectivity index (χ4n) is 1.44. The third kappa shape index (κ3) is 2.31. The van der Waals surface area contributed by atoms with Gasteiger partial charge in [0.15, 0.2) is 5.75 Å². The number of ether oxygens (including phenoxy) is 1. The summed E-state index contributed by atoms with van der Waals surface area (Å²) in [4.78, 5) is 7.76. The zero-order chi connectivity index (χ0) is 11.5. The zero-order valence-electron chi connectivity index (χ0n) is 9.07. The zero-order valence-corrected chi connectivity index (χ0v) is 9.82. The highest BCUT2D eigenvalue weighted by Gasteiger charge is 2.04. The van der Waals surface area contributed by atoms with Crippen molar-refractivity contribution < 1.29 is 4.74 Å². The molecule has 0 saturated carbocycles. The molecule has 0 bridgehead atoms. The van der Waals surface area contributed by atoms with Crippen LogP contribution >= 0.6 is 11.6 Å². The van der Waals surface area contributed by atoms with Gasteiger partial charge in [-0.3, -0.25) is 0 Å². The highest BCUT2D eigenvalue weighted by molar-refractivity contribution is 6.32. The molecule has 4 heteroatoms. The lowest BCUT2D eigenvalue weighted by Gasteiger charge is -2.08. The second-order valence-corrected chi connectivity index (χ2v) is 3.93. The van der Waals surface area contributed by atoms with Gasteiger partial charge in [0.2, 0.25) is 0 Å². The SMILES string of the molecule is Cc1cc(Oc2cncnc2)cc(C)c1Cl. The minimum absolute atomic E-state index is 0.614. The van der Waals surface area contributed by atoms with E-state index in [9.17, 15) is 0 Å². The highest BCUT2D eigenvalue weighted by atomic mass is 35.5. The van der Waals surface area contributed by atoms with Crippen molar-refractivity contribution in [2.24, 2.45) is 0 Å². The van der Waals surface area contributed by atoms with Crippen molar-refractivity contribution in [2.75, 3.05) is 0 Å². The first-order valence-electron chi connectivity index (χ1n) is 4.86. The van der Waals surface area contributed by atoms with Gasteiger partial charge < -0.3 is 4.74 Å². The second-order valence-electron chi connectivity index (χ2n) is 3.55. The number of halogens is 1. The summed E-state index contributed by atoms with van der Waals surface area (Å²) in [6.45, 7) is 3.90. The molecule has 0 fully saturated rings. The maximum absolute atomic E-state index is 6.07. The minimum atomic E-state index is 0.614. The first-order valence-corrected chi connectivity index (χ1v) is 5.24. The van der Waals surface area contributed by atoms with Crippen molar-refractivity contribution in [1.29, 1.82) is 0 Å². The quantitative estimate of drug-likeness (QED) is 0.797. The predicted molar refractivity (Wildman–Crippen MR) is 63.0 cm³/mol. The molecule has 1 aromatic carbocycles. The van der Waals surface area contributed by atoms with E-state index in [1.54, 1.807) is 12.4 Å². The van der Waals surface area contributed by atoms with Gasteiger partial charge in [-0.05, 0) is 37.1 Å². The number of hydrogen-bond donors (Lipinski definition) is 0. The van der Waals surface area contributed by atoms with Crippen molar-refractivity contribution in [3.63, 3.8) is 0 Å². The number of aryl methyl sites for hydroxylation is 2. The van der Waals surface area contributed by atoms with Crippen LogP contribution in [0.15, 0.2) is 30.9 Å². The van der Waals surface area contributed by atoms with Gasteiger partial charge in [-0.2, -0.15) is 0 Å². The molecule has 0 saturated heterocycles. The molecular formula is C12H11ClN2O. The summed E-state index contributed by atoms with van der Waals surface area (Å²) in [5.74, 6) is 1.36. The van der Waals surface area contributed by atoms with Gasteiger partial charge in [-0.25, -0.2) is 9.97 Å². The third-order valence-corrected chi connectivity index (χ3v) is 2.78. The van der Waals surface area contributed by atoms with Gasteiger partial charge in [0.25, 0.3) is 0 Å². The molecule has 0 amide bonds. The monoisotopic (exact) mass is 234 g/mol. The van der Waals surface area contributed by atoms with Crippen LogP contribution in [-0.4, -0.2) is 9.97 Å². The Labute approximate surface area is 99.1 Å². The normalized spacial score (nSPS) is 10.2. The van der Waals surface area contributed by atoms with Crippen LogP contribution in [0, 0.1) is 13.8 Å². The Balaban J connectivity index is 2.29. The molecule has 2 aromatic rings. The Bertz CT molecular complexity index is 477. The summed E-state index contributed by atoms with van der Waals surface area (Å²) in [6, 6.07) is 3.78. The van der Waals surface area contributed by atoms with Crippen LogP contribution in [0.25, 0.3) is 0 Å². The largest absolute Gasteiger partial charge is 0.454 e. The lowest BCUT2D eigenvalue weighted by molar-refractivity contribution is 0.476. The number of hydrogen-bond acceptors (Lipinski definition) is 3. The van der Waals surface area contributed by atoms with Crippen LogP contribution in [0.1, 0.15) is 11.1 Å². The fourth-order valence-corrected chi connectivity index (χ4v) is 1.55. The minimum Gasteiger partial charge on any atom is -0.454 e.